The van der Waals surface area contributed by atoms with Crippen molar-refractivity contribution < 1.29 is 4.74 Å². The highest BCUT2D eigenvalue weighted by Gasteiger charge is 2.10. The molecular formula is C18H12N4O. The van der Waals surface area contributed by atoms with E-state index in [1.54, 1.807) is 0 Å². The maximum atomic E-state index is 8.94. The fraction of sp³-hybridized carbons (Fsp3) is 0.0556. The van der Waals surface area contributed by atoms with Gasteiger partial charge in [-0.1, -0.05) is 30.3 Å². The van der Waals surface area contributed by atoms with Crippen LogP contribution in [0.1, 0.15) is 17.0 Å². The summed E-state index contributed by atoms with van der Waals surface area (Å²) in [5.41, 5.74) is 2.16. The molecule has 2 aromatic carbocycles. The molecular weight excluding hydrogens is 288 g/mol. The van der Waals surface area contributed by atoms with Crippen molar-refractivity contribution in [1.82, 2.24) is 9.97 Å². The summed E-state index contributed by atoms with van der Waals surface area (Å²) in [5, 5.41) is 17.9. The van der Waals surface area contributed by atoms with E-state index in [9.17, 15) is 0 Å². The number of hydrogen-bond acceptors (Lipinski definition) is 4. The van der Waals surface area contributed by atoms with Gasteiger partial charge >= 0.3 is 0 Å². The van der Waals surface area contributed by atoms with E-state index in [2.05, 4.69) is 9.97 Å². The lowest BCUT2D eigenvalue weighted by atomic mass is 10.2. The van der Waals surface area contributed by atoms with Gasteiger partial charge < -0.3 is 9.72 Å². The van der Waals surface area contributed by atoms with E-state index in [1.165, 1.54) is 0 Å². The number of benzene rings is 2. The third-order valence-corrected chi connectivity index (χ3v) is 3.30. The summed E-state index contributed by atoms with van der Waals surface area (Å²) < 4.78 is 5.72. The molecule has 0 aliphatic carbocycles. The molecule has 0 radical (unpaired) electrons. The second-order valence-electron chi connectivity index (χ2n) is 4.83. The fourth-order valence-electron chi connectivity index (χ4n) is 2.12. The van der Waals surface area contributed by atoms with Crippen molar-refractivity contribution in [2.75, 3.05) is 0 Å². The molecule has 0 amide bonds. The highest BCUT2D eigenvalue weighted by atomic mass is 16.5. The van der Waals surface area contributed by atoms with Crippen LogP contribution in [-0.4, -0.2) is 9.97 Å². The van der Waals surface area contributed by atoms with Crippen molar-refractivity contribution in [2.24, 2.45) is 0 Å². The Labute approximate surface area is 133 Å². The summed E-state index contributed by atoms with van der Waals surface area (Å²) in [7, 11) is 0. The Kier molecular flexibility index (Phi) is 4.04. The Bertz CT molecular complexity index is 852. The smallest absolute Gasteiger partial charge is 0.177 e. The number of nitrogens with one attached hydrogen (secondary N) is 1. The highest BCUT2D eigenvalue weighted by molar-refractivity contribution is 5.59. The highest BCUT2D eigenvalue weighted by Crippen LogP contribution is 2.21. The van der Waals surface area contributed by atoms with Crippen molar-refractivity contribution in [3.8, 4) is 29.3 Å². The number of ether oxygens (including phenoxy) is 1. The second kappa shape index (κ2) is 6.46. The first-order chi connectivity index (χ1) is 11.3. The van der Waals surface area contributed by atoms with Gasteiger partial charge in [0.25, 0.3) is 0 Å². The molecule has 3 aromatic rings. The van der Waals surface area contributed by atoms with Gasteiger partial charge in [0.15, 0.2) is 11.4 Å². The summed E-state index contributed by atoms with van der Waals surface area (Å²) in [6.45, 7) is 0.498. The number of aromatic amines is 1. The molecule has 0 bridgehead atoms. The SMILES string of the molecule is N#Cc1nc(-c2ccc(OCc3ccccc3)cc2)[nH]c1C#N. The molecule has 1 heterocycles. The maximum Gasteiger partial charge on any atom is 0.177 e. The zero-order valence-electron chi connectivity index (χ0n) is 12.2. The molecule has 1 N–H and O–H groups in total. The molecule has 0 saturated heterocycles. The zero-order valence-corrected chi connectivity index (χ0v) is 12.2. The topological polar surface area (TPSA) is 85.5 Å². The number of aromatic nitrogens is 2. The number of rotatable bonds is 4. The van der Waals surface area contributed by atoms with Crippen LogP contribution in [0.4, 0.5) is 0 Å². The summed E-state index contributed by atoms with van der Waals surface area (Å²) in [4.78, 5) is 6.95. The Balaban J connectivity index is 1.74. The number of nitrogens with zero attached hydrogens (tertiary/aromatic N) is 3. The van der Waals surface area contributed by atoms with Crippen LogP contribution in [0.2, 0.25) is 0 Å². The summed E-state index contributed by atoms with van der Waals surface area (Å²) in [5.74, 6) is 1.23. The minimum Gasteiger partial charge on any atom is -0.489 e. The van der Waals surface area contributed by atoms with E-state index < -0.39 is 0 Å². The van der Waals surface area contributed by atoms with Gasteiger partial charge in [-0.15, -0.1) is 0 Å². The average molecular weight is 300 g/mol. The van der Waals surface area contributed by atoms with E-state index in [-0.39, 0.29) is 11.4 Å². The molecule has 5 nitrogen and oxygen atoms in total. The predicted octanol–water partition coefficient (Wildman–Crippen LogP) is 3.40. The quantitative estimate of drug-likeness (QED) is 0.800. The van der Waals surface area contributed by atoms with Gasteiger partial charge in [-0.3, -0.25) is 0 Å². The van der Waals surface area contributed by atoms with Crippen molar-refractivity contribution in [1.29, 1.82) is 10.5 Å². The van der Waals surface area contributed by atoms with Crippen molar-refractivity contribution in [3.05, 3.63) is 71.5 Å². The fourth-order valence-corrected chi connectivity index (χ4v) is 2.12. The van der Waals surface area contributed by atoms with Crippen LogP contribution in [0, 0.1) is 22.7 Å². The lowest BCUT2D eigenvalue weighted by Crippen LogP contribution is -1.94. The average Bonchev–Trinajstić information content (AvgIpc) is 3.05. The maximum absolute atomic E-state index is 8.94. The minimum absolute atomic E-state index is 0.104. The first-order valence-corrected chi connectivity index (χ1v) is 6.97. The monoisotopic (exact) mass is 300 g/mol. The molecule has 0 atom stereocenters. The van der Waals surface area contributed by atoms with E-state index in [4.69, 9.17) is 15.3 Å². The standard InChI is InChI=1S/C18H12N4O/c19-10-16-17(11-20)22-18(21-16)14-6-8-15(9-7-14)23-12-13-4-2-1-3-5-13/h1-9H,12H2,(H,21,22). The largest absolute Gasteiger partial charge is 0.489 e. The van der Waals surface area contributed by atoms with Crippen LogP contribution in [-0.2, 0) is 6.61 Å². The second-order valence-corrected chi connectivity index (χ2v) is 4.83. The molecule has 5 heteroatoms. The van der Waals surface area contributed by atoms with Gasteiger partial charge in [0.2, 0.25) is 0 Å². The molecule has 0 aliphatic rings. The molecule has 0 fully saturated rings. The summed E-state index contributed by atoms with van der Waals surface area (Å²) in [6, 6.07) is 21.1. The minimum atomic E-state index is 0.104. The van der Waals surface area contributed by atoms with Crippen molar-refractivity contribution in [2.45, 2.75) is 6.61 Å². The first kappa shape index (κ1) is 14.4. The summed E-state index contributed by atoms with van der Waals surface area (Å²) >= 11 is 0. The lowest BCUT2D eigenvalue weighted by molar-refractivity contribution is 0.306. The van der Waals surface area contributed by atoms with Gasteiger partial charge in [0.1, 0.15) is 30.3 Å². The molecule has 0 aliphatic heterocycles. The van der Waals surface area contributed by atoms with Gasteiger partial charge in [-0.25, -0.2) is 4.98 Å². The molecule has 0 unspecified atom stereocenters. The molecule has 0 spiro atoms. The Morgan fingerprint density at radius 3 is 2.30 bits per heavy atom. The van der Waals surface area contributed by atoms with E-state index in [1.807, 2.05) is 66.7 Å². The molecule has 23 heavy (non-hydrogen) atoms. The number of nitriles is 2. The third-order valence-electron chi connectivity index (χ3n) is 3.30. The van der Waals surface area contributed by atoms with Crippen LogP contribution in [0.15, 0.2) is 54.6 Å². The third kappa shape index (κ3) is 3.20. The van der Waals surface area contributed by atoms with Crippen LogP contribution in [0.5, 0.6) is 5.75 Å². The van der Waals surface area contributed by atoms with E-state index in [0.29, 0.717) is 12.4 Å². The van der Waals surface area contributed by atoms with Gasteiger partial charge in [-0.05, 0) is 29.8 Å². The number of hydrogen-bond donors (Lipinski definition) is 1. The predicted molar refractivity (Wildman–Crippen MR) is 84.2 cm³/mol. The molecule has 1 aromatic heterocycles. The molecule has 0 saturated carbocycles. The first-order valence-electron chi connectivity index (χ1n) is 6.97. The Hall–Kier alpha value is -3.57. The number of imidazole rings is 1. The Morgan fingerprint density at radius 1 is 0.957 bits per heavy atom. The van der Waals surface area contributed by atoms with E-state index >= 15 is 0 Å². The van der Waals surface area contributed by atoms with Gasteiger partial charge in [0.05, 0.1) is 0 Å². The van der Waals surface area contributed by atoms with Gasteiger partial charge in [0, 0.05) is 5.56 Å². The van der Waals surface area contributed by atoms with Crippen molar-refractivity contribution in [3.63, 3.8) is 0 Å². The van der Waals surface area contributed by atoms with Crippen LogP contribution in [0.25, 0.3) is 11.4 Å². The normalized spacial score (nSPS) is 9.83. The molecule has 3 rings (SSSR count). The van der Waals surface area contributed by atoms with Gasteiger partial charge in [-0.2, -0.15) is 10.5 Å². The van der Waals surface area contributed by atoms with Crippen molar-refractivity contribution >= 4 is 0 Å². The Morgan fingerprint density at radius 2 is 1.70 bits per heavy atom. The molecule has 110 valence electrons. The van der Waals surface area contributed by atoms with Crippen LogP contribution < -0.4 is 4.74 Å². The summed E-state index contributed by atoms with van der Waals surface area (Å²) in [6.07, 6.45) is 0. The zero-order chi connectivity index (χ0) is 16.1. The van der Waals surface area contributed by atoms with E-state index in [0.717, 1.165) is 16.9 Å². The number of H-pyrrole nitrogens is 1. The van der Waals surface area contributed by atoms with Crippen LogP contribution in [0.3, 0.4) is 0 Å². The van der Waals surface area contributed by atoms with Crippen LogP contribution >= 0.6 is 0 Å². The lowest BCUT2D eigenvalue weighted by Gasteiger charge is -2.06.